The molecule has 0 aliphatic heterocycles. The molecule has 0 saturated heterocycles. The van der Waals surface area contributed by atoms with E-state index in [9.17, 15) is 19.2 Å². The molecule has 0 saturated carbocycles. The molecule has 0 aliphatic rings. The molecule has 9 nitrogen and oxygen atoms in total. The molecule has 0 spiro atoms. The molecule has 0 aliphatic carbocycles. The Morgan fingerprint density at radius 3 is 2.08 bits per heavy atom. The maximum atomic E-state index is 13.9. The van der Waals surface area contributed by atoms with Crippen LogP contribution >= 0.6 is 11.6 Å². The van der Waals surface area contributed by atoms with Gasteiger partial charge in [0.25, 0.3) is 17.4 Å². The number of amides is 3. The maximum absolute atomic E-state index is 13.9. The molecule has 0 fully saturated rings. The lowest BCUT2D eigenvalue weighted by atomic mass is 10.0. The van der Waals surface area contributed by atoms with Crippen molar-refractivity contribution in [1.82, 2.24) is 10.0 Å². The van der Waals surface area contributed by atoms with Gasteiger partial charge in [0.05, 0.1) is 19.3 Å². The SMILES string of the molecule is CCOC(=O)C(Cl)OC(=O)N(C(=O)c1cccc(OC)c1C)N(C(=O)c1cc(C)cc(C)c1)C(C)(C)C. The summed E-state index contributed by atoms with van der Waals surface area (Å²) in [6.45, 7) is 11.8. The van der Waals surface area contributed by atoms with Crippen LogP contribution < -0.4 is 4.74 Å². The number of esters is 1. The number of alkyl halides is 1. The molecule has 0 aromatic heterocycles. The quantitative estimate of drug-likeness (QED) is 0.287. The van der Waals surface area contributed by atoms with Gasteiger partial charge in [0, 0.05) is 16.7 Å². The Kier molecular flexibility index (Phi) is 9.69. The lowest BCUT2D eigenvalue weighted by Gasteiger charge is -2.41. The van der Waals surface area contributed by atoms with E-state index in [4.69, 9.17) is 25.8 Å². The van der Waals surface area contributed by atoms with Crippen LogP contribution in [0.4, 0.5) is 4.79 Å². The number of rotatable bonds is 6. The first-order valence-electron chi connectivity index (χ1n) is 11.6. The summed E-state index contributed by atoms with van der Waals surface area (Å²) in [6.07, 6.45) is -1.33. The number of carbonyl (C=O) groups excluding carboxylic acids is 4. The van der Waals surface area contributed by atoms with Gasteiger partial charge < -0.3 is 14.2 Å². The zero-order valence-corrected chi connectivity index (χ0v) is 23.1. The zero-order valence-electron chi connectivity index (χ0n) is 22.4. The number of methoxy groups -OCH3 is 1. The van der Waals surface area contributed by atoms with Gasteiger partial charge in [-0.15, -0.1) is 5.01 Å². The van der Waals surface area contributed by atoms with E-state index in [2.05, 4.69) is 0 Å². The van der Waals surface area contributed by atoms with Gasteiger partial charge in [-0.3, -0.25) is 9.59 Å². The van der Waals surface area contributed by atoms with Crippen molar-refractivity contribution in [2.45, 2.75) is 59.6 Å². The third-order valence-electron chi connectivity index (χ3n) is 5.27. The Morgan fingerprint density at radius 2 is 1.57 bits per heavy atom. The molecule has 0 radical (unpaired) electrons. The molecule has 10 heteroatoms. The minimum absolute atomic E-state index is 0.00453. The summed E-state index contributed by atoms with van der Waals surface area (Å²) in [7, 11) is 1.45. The van der Waals surface area contributed by atoms with E-state index in [-0.39, 0.29) is 17.7 Å². The molecular formula is C27H33ClN2O7. The molecule has 1 unspecified atom stereocenters. The fourth-order valence-corrected chi connectivity index (χ4v) is 3.89. The highest BCUT2D eigenvalue weighted by molar-refractivity contribution is 6.29. The Hall–Kier alpha value is -3.59. The van der Waals surface area contributed by atoms with Crippen LogP contribution in [0.15, 0.2) is 36.4 Å². The van der Waals surface area contributed by atoms with Crippen LogP contribution in [0, 0.1) is 20.8 Å². The summed E-state index contributed by atoms with van der Waals surface area (Å²) in [6, 6.07) is 9.94. The van der Waals surface area contributed by atoms with Gasteiger partial charge in [-0.1, -0.05) is 34.9 Å². The predicted octanol–water partition coefficient (Wildman–Crippen LogP) is 5.18. The van der Waals surface area contributed by atoms with Crippen molar-refractivity contribution in [1.29, 1.82) is 0 Å². The summed E-state index contributed by atoms with van der Waals surface area (Å²) in [5.41, 5.74) is -0.509. The predicted molar refractivity (Wildman–Crippen MR) is 138 cm³/mol. The third-order valence-corrected chi connectivity index (χ3v) is 5.54. The van der Waals surface area contributed by atoms with E-state index in [1.807, 2.05) is 19.9 Å². The van der Waals surface area contributed by atoms with Crippen molar-refractivity contribution in [3.05, 3.63) is 64.2 Å². The van der Waals surface area contributed by atoms with Crippen LogP contribution in [0.5, 0.6) is 5.75 Å². The van der Waals surface area contributed by atoms with Crippen LogP contribution in [0.3, 0.4) is 0 Å². The fraction of sp³-hybridized carbons (Fsp3) is 0.407. The van der Waals surface area contributed by atoms with Crippen molar-refractivity contribution < 1.29 is 33.4 Å². The highest BCUT2D eigenvalue weighted by Crippen LogP contribution is 2.28. The van der Waals surface area contributed by atoms with Crippen molar-refractivity contribution in [3.63, 3.8) is 0 Å². The summed E-state index contributed by atoms with van der Waals surface area (Å²) in [4.78, 5) is 53.3. The van der Waals surface area contributed by atoms with E-state index in [1.54, 1.807) is 58.9 Å². The number of ether oxygens (including phenoxy) is 3. The third kappa shape index (κ3) is 7.01. The van der Waals surface area contributed by atoms with Crippen LogP contribution in [-0.4, -0.2) is 58.7 Å². The van der Waals surface area contributed by atoms with Crippen LogP contribution in [0.1, 0.15) is 65.1 Å². The highest BCUT2D eigenvalue weighted by Gasteiger charge is 2.42. The smallest absolute Gasteiger partial charge is 0.438 e. The second-order valence-corrected chi connectivity index (χ2v) is 9.76. The molecule has 200 valence electrons. The Bertz CT molecular complexity index is 1170. The average molecular weight is 533 g/mol. The summed E-state index contributed by atoms with van der Waals surface area (Å²) < 4.78 is 15.2. The molecule has 0 bridgehead atoms. The molecule has 0 N–H and O–H groups in total. The van der Waals surface area contributed by atoms with Gasteiger partial charge in [0.1, 0.15) is 5.75 Å². The summed E-state index contributed by atoms with van der Waals surface area (Å²) in [5.74, 6) is -2.11. The number of halogens is 1. The minimum Gasteiger partial charge on any atom is -0.496 e. The zero-order chi connectivity index (χ0) is 28.1. The molecule has 2 aromatic rings. The van der Waals surface area contributed by atoms with Crippen LogP contribution in [0.2, 0.25) is 0 Å². The van der Waals surface area contributed by atoms with Crippen molar-refractivity contribution in [3.8, 4) is 5.75 Å². The number of hydrogen-bond donors (Lipinski definition) is 0. The largest absolute Gasteiger partial charge is 0.496 e. The van der Waals surface area contributed by atoms with E-state index < -0.39 is 35.0 Å². The van der Waals surface area contributed by atoms with Crippen molar-refractivity contribution >= 4 is 35.5 Å². The van der Waals surface area contributed by atoms with Gasteiger partial charge in [0.15, 0.2) is 0 Å². The molecule has 2 rings (SSSR count). The van der Waals surface area contributed by atoms with Crippen LogP contribution in [0.25, 0.3) is 0 Å². The Morgan fingerprint density at radius 1 is 0.973 bits per heavy atom. The molecule has 2 aromatic carbocycles. The number of hydrazine groups is 1. The number of benzene rings is 2. The van der Waals surface area contributed by atoms with Gasteiger partial charge in [-0.25, -0.2) is 14.6 Å². The van der Waals surface area contributed by atoms with Gasteiger partial charge in [-0.05, 0) is 72.7 Å². The number of hydrogen-bond acceptors (Lipinski definition) is 7. The second kappa shape index (κ2) is 12.1. The topological polar surface area (TPSA) is 102 Å². The second-order valence-electron chi connectivity index (χ2n) is 9.37. The molecule has 37 heavy (non-hydrogen) atoms. The number of carbonyl (C=O) groups is 4. The van der Waals surface area contributed by atoms with Gasteiger partial charge >= 0.3 is 12.1 Å². The Labute approximate surface area is 222 Å². The summed E-state index contributed by atoms with van der Waals surface area (Å²) in [5, 5.41) is 1.57. The lowest BCUT2D eigenvalue weighted by molar-refractivity contribution is -0.149. The summed E-state index contributed by atoms with van der Waals surface area (Å²) >= 11 is 5.96. The standard InChI is InChI=1S/C27H33ClN2O7/c1-9-36-25(33)22(28)37-26(34)29(24(32)20-11-10-12-21(35-8)18(20)4)30(27(5,6)7)23(31)19-14-16(2)13-17(3)15-19/h10-15,22H,9H2,1-8H3. The number of nitrogens with zero attached hydrogens (tertiary/aromatic N) is 2. The fourth-order valence-electron chi connectivity index (χ4n) is 3.75. The number of imide groups is 1. The van der Waals surface area contributed by atoms with Crippen molar-refractivity contribution in [2.75, 3.05) is 13.7 Å². The molecular weight excluding hydrogens is 500 g/mol. The normalized spacial score (nSPS) is 11.8. The molecule has 3 amide bonds. The monoisotopic (exact) mass is 532 g/mol. The van der Waals surface area contributed by atoms with E-state index in [0.29, 0.717) is 16.3 Å². The van der Waals surface area contributed by atoms with Crippen molar-refractivity contribution in [2.24, 2.45) is 0 Å². The highest BCUT2D eigenvalue weighted by atomic mass is 35.5. The van der Waals surface area contributed by atoms with E-state index >= 15 is 0 Å². The molecule has 0 heterocycles. The van der Waals surface area contributed by atoms with Crippen LogP contribution in [-0.2, 0) is 14.3 Å². The lowest BCUT2D eigenvalue weighted by Crippen LogP contribution is -2.60. The number of aryl methyl sites for hydroxylation is 2. The first-order valence-corrected chi connectivity index (χ1v) is 12.1. The van der Waals surface area contributed by atoms with Gasteiger partial charge in [-0.2, -0.15) is 0 Å². The first-order chi connectivity index (χ1) is 17.2. The Balaban J connectivity index is 2.70. The van der Waals surface area contributed by atoms with E-state index in [1.165, 1.54) is 13.2 Å². The maximum Gasteiger partial charge on any atom is 0.438 e. The molecule has 1 atom stereocenters. The first kappa shape index (κ1) is 29.6. The minimum atomic E-state index is -1.84. The van der Waals surface area contributed by atoms with E-state index in [0.717, 1.165) is 16.1 Å². The van der Waals surface area contributed by atoms with Gasteiger partial charge in [0.2, 0.25) is 0 Å². The average Bonchev–Trinajstić information content (AvgIpc) is 2.80.